The largest absolute Gasteiger partial charge is 0.307 e. The minimum absolute atomic E-state index is 0.230. The van der Waals surface area contributed by atoms with Gasteiger partial charge in [-0.1, -0.05) is 48.5 Å². The summed E-state index contributed by atoms with van der Waals surface area (Å²) in [5.41, 5.74) is 3.58. The van der Waals surface area contributed by atoms with Crippen molar-refractivity contribution in [1.29, 1.82) is 0 Å². The van der Waals surface area contributed by atoms with Gasteiger partial charge in [0.2, 0.25) is 0 Å². The first-order valence-electron chi connectivity index (χ1n) is 9.98. The van der Waals surface area contributed by atoms with E-state index in [2.05, 4.69) is 5.10 Å². The standard InChI is InChI=1S/C25H23N3O2/c1-4-27(22-16-17(2)14-15-18(22)3)25(30)23-20-12-8-9-13-21(20)24(29)28(26-23)19-10-6-5-7-11-19/h5-16H,4H2,1-3H3. The first kappa shape index (κ1) is 19.6. The van der Waals surface area contributed by atoms with Crippen LogP contribution in [0.4, 0.5) is 5.69 Å². The van der Waals surface area contributed by atoms with Gasteiger partial charge in [0, 0.05) is 17.6 Å². The highest BCUT2D eigenvalue weighted by Gasteiger charge is 2.24. The number of benzene rings is 3. The van der Waals surface area contributed by atoms with Crippen LogP contribution < -0.4 is 10.5 Å². The van der Waals surface area contributed by atoms with Gasteiger partial charge in [0.25, 0.3) is 11.5 Å². The van der Waals surface area contributed by atoms with E-state index in [0.717, 1.165) is 16.8 Å². The van der Waals surface area contributed by atoms with E-state index in [1.54, 1.807) is 35.2 Å². The zero-order valence-corrected chi connectivity index (χ0v) is 17.3. The zero-order chi connectivity index (χ0) is 21.3. The molecule has 150 valence electrons. The molecule has 0 aliphatic rings. The van der Waals surface area contributed by atoms with Gasteiger partial charge in [0.1, 0.15) is 0 Å². The van der Waals surface area contributed by atoms with Crippen molar-refractivity contribution in [3.8, 4) is 5.69 Å². The van der Waals surface area contributed by atoms with Crippen LogP contribution in [0.2, 0.25) is 0 Å². The summed E-state index contributed by atoms with van der Waals surface area (Å²) < 4.78 is 1.31. The number of hydrogen-bond acceptors (Lipinski definition) is 3. The van der Waals surface area contributed by atoms with Gasteiger partial charge in [0.15, 0.2) is 5.69 Å². The molecule has 0 saturated heterocycles. The average Bonchev–Trinajstić information content (AvgIpc) is 2.77. The number of rotatable bonds is 4. The number of hydrogen-bond donors (Lipinski definition) is 0. The van der Waals surface area contributed by atoms with Crippen molar-refractivity contribution in [3.63, 3.8) is 0 Å². The Kier molecular flexibility index (Phi) is 5.19. The number of aryl methyl sites for hydroxylation is 2. The Morgan fingerprint density at radius 3 is 2.30 bits per heavy atom. The highest BCUT2D eigenvalue weighted by Crippen LogP contribution is 2.25. The molecule has 1 heterocycles. The third-order valence-corrected chi connectivity index (χ3v) is 5.23. The van der Waals surface area contributed by atoms with Crippen molar-refractivity contribution in [2.75, 3.05) is 11.4 Å². The number of carbonyl (C=O) groups is 1. The van der Waals surface area contributed by atoms with Crippen LogP contribution in [0.5, 0.6) is 0 Å². The lowest BCUT2D eigenvalue weighted by Gasteiger charge is -2.24. The molecule has 5 heteroatoms. The van der Waals surface area contributed by atoms with E-state index in [0.29, 0.717) is 23.0 Å². The van der Waals surface area contributed by atoms with Crippen LogP contribution in [0.1, 0.15) is 28.5 Å². The van der Waals surface area contributed by atoms with E-state index in [9.17, 15) is 9.59 Å². The van der Waals surface area contributed by atoms with E-state index >= 15 is 0 Å². The molecule has 1 aromatic heterocycles. The third kappa shape index (κ3) is 3.39. The smallest absolute Gasteiger partial charge is 0.279 e. The van der Waals surface area contributed by atoms with E-state index < -0.39 is 0 Å². The Labute approximate surface area is 175 Å². The lowest BCUT2D eigenvalue weighted by Crippen LogP contribution is -2.34. The summed E-state index contributed by atoms with van der Waals surface area (Å²) in [4.78, 5) is 28.5. The fourth-order valence-electron chi connectivity index (χ4n) is 3.65. The second-order valence-corrected chi connectivity index (χ2v) is 7.29. The minimum atomic E-state index is -0.247. The zero-order valence-electron chi connectivity index (χ0n) is 17.3. The molecule has 30 heavy (non-hydrogen) atoms. The molecule has 0 fully saturated rings. The summed E-state index contributed by atoms with van der Waals surface area (Å²) >= 11 is 0. The lowest BCUT2D eigenvalue weighted by molar-refractivity contribution is 0.0983. The van der Waals surface area contributed by atoms with Crippen molar-refractivity contribution in [3.05, 3.63) is 100.0 Å². The molecule has 0 bridgehead atoms. The molecule has 0 N–H and O–H groups in total. The number of para-hydroxylation sites is 1. The van der Waals surface area contributed by atoms with E-state index in [-0.39, 0.29) is 17.2 Å². The summed E-state index contributed by atoms with van der Waals surface area (Å²) in [6.45, 7) is 6.42. The number of carbonyl (C=O) groups excluding carboxylic acids is 1. The number of nitrogens with zero attached hydrogens (tertiary/aromatic N) is 3. The van der Waals surface area contributed by atoms with Crippen LogP contribution in [0.3, 0.4) is 0 Å². The van der Waals surface area contributed by atoms with Crippen LogP contribution in [-0.4, -0.2) is 22.2 Å². The molecule has 5 nitrogen and oxygen atoms in total. The first-order valence-corrected chi connectivity index (χ1v) is 9.98. The van der Waals surface area contributed by atoms with Crippen molar-refractivity contribution in [2.24, 2.45) is 0 Å². The van der Waals surface area contributed by atoms with Crippen LogP contribution >= 0.6 is 0 Å². The predicted molar refractivity (Wildman–Crippen MR) is 121 cm³/mol. The van der Waals surface area contributed by atoms with Gasteiger partial charge in [-0.25, -0.2) is 0 Å². The SMILES string of the molecule is CCN(C(=O)c1nn(-c2ccccc2)c(=O)c2ccccc12)c1cc(C)ccc1C. The quantitative estimate of drug-likeness (QED) is 0.503. The highest BCUT2D eigenvalue weighted by molar-refractivity contribution is 6.12. The van der Waals surface area contributed by atoms with Gasteiger partial charge in [-0.2, -0.15) is 9.78 Å². The first-order chi connectivity index (χ1) is 14.5. The topological polar surface area (TPSA) is 55.2 Å². The lowest BCUT2D eigenvalue weighted by atomic mass is 10.1. The maximum atomic E-state index is 13.7. The summed E-state index contributed by atoms with van der Waals surface area (Å²) in [6.07, 6.45) is 0. The second-order valence-electron chi connectivity index (χ2n) is 7.29. The maximum Gasteiger partial charge on any atom is 0.279 e. The Balaban J connectivity index is 1.95. The van der Waals surface area contributed by atoms with Gasteiger partial charge < -0.3 is 4.90 Å². The molecular formula is C25H23N3O2. The van der Waals surface area contributed by atoms with Crippen molar-refractivity contribution < 1.29 is 4.79 Å². The summed E-state index contributed by atoms with van der Waals surface area (Å²) in [7, 11) is 0. The summed E-state index contributed by atoms with van der Waals surface area (Å²) in [6, 6.07) is 22.4. The number of amides is 1. The average molecular weight is 397 g/mol. The van der Waals surface area contributed by atoms with Gasteiger partial charge in [-0.3, -0.25) is 9.59 Å². The molecule has 0 unspecified atom stereocenters. The Hall–Kier alpha value is -3.73. The molecular weight excluding hydrogens is 374 g/mol. The minimum Gasteiger partial charge on any atom is -0.307 e. The number of fused-ring (bicyclic) bond motifs is 1. The molecule has 0 spiro atoms. The Bertz CT molecular complexity index is 1290. The molecule has 0 atom stereocenters. The van der Waals surface area contributed by atoms with Gasteiger partial charge >= 0.3 is 0 Å². The van der Waals surface area contributed by atoms with Crippen molar-refractivity contribution >= 4 is 22.4 Å². The maximum absolute atomic E-state index is 13.7. The molecule has 0 radical (unpaired) electrons. The fourth-order valence-corrected chi connectivity index (χ4v) is 3.65. The second kappa shape index (κ2) is 7.95. The van der Waals surface area contributed by atoms with Crippen LogP contribution in [0.15, 0.2) is 77.6 Å². The normalized spacial score (nSPS) is 10.9. The number of anilines is 1. The van der Waals surface area contributed by atoms with Crippen molar-refractivity contribution in [2.45, 2.75) is 20.8 Å². The van der Waals surface area contributed by atoms with Gasteiger partial charge in [-0.05, 0) is 56.2 Å². The molecule has 0 saturated carbocycles. The van der Waals surface area contributed by atoms with E-state index in [4.69, 9.17) is 0 Å². The summed E-state index contributed by atoms with van der Waals surface area (Å²) in [5, 5.41) is 5.56. The van der Waals surface area contributed by atoms with Crippen LogP contribution in [-0.2, 0) is 0 Å². The number of aromatic nitrogens is 2. The molecule has 4 rings (SSSR count). The molecule has 0 aliphatic carbocycles. The molecule has 3 aromatic carbocycles. The van der Waals surface area contributed by atoms with Gasteiger partial charge in [-0.15, -0.1) is 0 Å². The van der Waals surface area contributed by atoms with Crippen LogP contribution in [0, 0.1) is 13.8 Å². The molecule has 0 aliphatic heterocycles. The predicted octanol–water partition coefficient (Wildman–Crippen LogP) is 4.67. The Morgan fingerprint density at radius 2 is 1.60 bits per heavy atom. The highest BCUT2D eigenvalue weighted by atomic mass is 16.2. The molecule has 1 amide bonds. The third-order valence-electron chi connectivity index (χ3n) is 5.23. The fraction of sp³-hybridized carbons (Fsp3) is 0.160. The van der Waals surface area contributed by atoms with Crippen molar-refractivity contribution in [1.82, 2.24) is 9.78 Å². The van der Waals surface area contributed by atoms with Gasteiger partial charge in [0.05, 0.1) is 11.1 Å². The monoisotopic (exact) mass is 397 g/mol. The molecule has 4 aromatic rings. The van der Waals surface area contributed by atoms with E-state index in [1.165, 1.54) is 4.68 Å². The van der Waals surface area contributed by atoms with Crippen LogP contribution in [0.25, 0.3) is 16.5 Å². The van der Waals surface area contributed by atoms with E-state index in [1.807, 2.05) is 63.2 Å². The Morgan fingerprint density at radius 1 is 0.933 bits per heavy atom. The summed E-state index contributed by atoms with van der Waals surface area (Å²) in [5.74, 6) is -0.230.